The molecular weight excluding hydrogens is 402 g/mol. The minimum atomic E-state index is -2.45. The van der Waals surface area contributed by atoms with E-state index in [1.807, 2.05) is 26.8 Å². The largest absolute Gasteiger partial charge is 0.489 e. The Hall–Kier alpha value is -1.83. The highest BCUT2D eigenvalue weighted by molar-refractivity contribution is 5.71. The molecule has 1 aliphatic heterocycles. The van der Waals surface area contributed by atoms with E-state index in [0.29, 0.717) is 17.5 Å². The third kappa shape index (κ3) is 3.82. The van der Waals surface area contributed by atoms with Crippen LogP contribution < -0.4 is 4.74 Å². The van der Waals surface area contributed by atoms with Crippen LogP contribution in [0.3, 0.4) is 0 Å². The van der Waals surface area contributed by atoms with E-state index < -0.39 is 18.6 Å². The molecule has 3 aliphatic carbocycles. The molecule has 0 N–H and O–H groups in total. The van der Waals surface area contributed by atoms with Crippen molar-refractivity contribution in [3.63, 3.8) is 0 Å². The first-order valence-electron chi connectivity index (χ1n) is 15.7. The van der Waals surface area contributed by atoms with Crippen molar-refractivity contribution in [3.8, 4) is 17.0 Å². The van der Waals surface area contributed by atoms with Crippen molar-refractivity contribution >= 4 is 0 Å². The van der Waals surface area contributed by atoms with Crippen molar-refractivity contribution in [3.05, 3.63) is 47.2 Å². The summed E-state index contributed by atoms with van der Waals surface area (Å²) in [6, 6.07) is 8.01. The second-order valence-corrected chi connectivity index (χ2v) is 12.1. The van der Waals surface area contributed by atoms with E-state index >= 15 is 0 Å². The molecule has 4 aliphatic rings. The van der Waals surface area contributed by atoms with Gasteiger partial charge in [-0.05, 0) is 97.7 Å². The highest BCUT2D eigenvalue weighted by Crippen LogP contribution is 2.60. The molecule has 3 saturated carbocycles. The minimum absolute atomic E-state index is 0.0169. The number of aryl methyl sites for hydroxylation is 1. The Labute approximate surface area is 207 Å². The van der Waals surface area contributed by atoms with Gasteiger partial charge >= 0.3 is 0 Å². The average molecular weight is 449 g/mol. The molecule has 3 fully saturated rings. The van der Waals surface area contributed by atoms with Crippen LogP contribution in [0.25, 0.3) is 11.3 Å². The molecule has 33 heavy (non-hydrogen) atoms. The summed E-state index contributed by atoms with van der Waals surface area (Å²) in [4.78, 5) is 4.61. The summed E-state index contributed by atoms with van der Waals surface area (Å²) in [5, 5.41) is 0. The fourth-order valence-corrected chi connectivity index (χ4v) is 7.73. The number of para-hydroxylation sites is 1. The van der Waals surface area contributed by atoms with Crippen molar-refractivity contribution in [2.24, 2.45) is 29.1 Å². The van der Waals surface area contributed by atoms with Crippen LogP contribution in [-0.2, 0) is 6.37 Å². The van der Waals surface area contributed by atoms with E-state index in [2.05, 4.69) is 17.1 Å². The number of benzene rings is 1. The molecule has 0 saturated heterocycles. The van der Waals surface area contributed by atoms with Gasteiger partial charge in [0, 0.05) is 30.1 Å². The number of hydrogen-bond donors (Lipinski definition) is 0. The van der Waals surface area contributed by atoms with E-state index in [1.54, 1.807) is 6.07 Å². The molecule has 176 valence electrons. The van der Waals surface area contributed by atoms with E-state index in [4.69, 9.17) is 11.6 Å². The molecule has 1 unspecified atom stereocenters. The smallest absolute Gasteiger partial charge is 0.132 e. The van der Waals surface area contributed by atoms with Gasteiger partial charge < -0.3 is 4.74 Å². The molecule has 0 bridgehead atoms. The molecule has 6 atom stereocenters. The molecule has 6 rings (SSSR count). The summed E-state index contributed by atoms with van der Waals surface area (Å²) in [6.07, 6.45) is 10.3. The molecule has 0 radical (unpaired) electrons. The van der Waals surface area contributed by atoms with Crippen molar-refractivity contribution in [1.82, 2.24) is 4.98 Å². The third-order valence-corrected chi connectivity index (χ3v) is 8.92. The van der Waals surface area contributed by atoms with Crippen LogP contribution in [0, 0.1) is 35.9 Å². The molecule has 2 heterocycles. The first-order valence-corrected chi connectivity index (χ1v) is 13.2. The Morgan fingerprint density at radius 1 is 1.06 bits per heavy atom. The van der Waals surface area contributed by atoms with Gasteiger partial charge in [0.1, 0.15) is 11.9 Å². The van der Waals surface area contributed by atoms with E-state index in [-0.39, 0.29) is 17.2 Å². The quantitative estimate of drug-likeness (QED) is 0.463. The molecule has 0 amide bonds. The van der Waals surface area contributed by atoms with E-state index in [0.717, 1.165) is 35.5 Å². The lowest BCUT2D eigenvalue weighted by Crippen LogP contribution is -2.45. The zero-order valence-electron chi connectivity index (χ0n) is 25.4. The molecule has 2 heteroatoms. The fourth-order valence-electron chi connectivity index (χ4n) is 7.73. The molecule has 2 nitrogen and oxygen atoms in total. The van der Waals surface area contributed by atoms with Gasteiger partial charge in [-0.3, -0.25) is 4.98 Å². The van der Waals surface area contributed by atoms with Crippen LogP contribution in [-0.4, -0.2) is 11.1 Å². The van der Waals surface area contributed by atoms with Crippen LogP contribution in [0.5, 0.6) is 5.75 Å². The number of nitrogens with zero attached hydrogens (tertiary/aromatic N) is 1. The van der Waals surface area contributed by atoms with Crippen LogP contribution in [0.4, 0.5) is 0 Å². The number of pyridine rings is 1. The maximum Gasteiger partial charge on any atom is 0.132 e. The Balaban J connectivity index is 1.44. The normalized spacial score (nSPS) is 35.9. The summed E-state index contributed by atoms with van der Waals surface area (Å²) < 4.78 is 48.8. The molecule has 1 aromatic carbocycles. The highest BCUT2D eigenvalue weighted by atomic mass is 16.5. The van der Waals surface area contributed by atoms with Gasteiger partial charge in [0.15, 0.2) is 0 Å². The van der Waals surface area contributed by atoms with Gasteiger partial charge in [-0.1, -0.05) is 52.2 Å². The first-order chi connectivity index (χ1) is 17.9. The predicted octanol–water partition coefficient (Wildman–Crippen LogP) is 8.12. The molecular formula is C31H41NO. The summed E-state index contributed by atoms with van der Waals surface area (Å²) >= 11 is 0. The number of fused-ring (bicyclic) bond motifs is 7. The molecule has 1 aromatic heterocycles. The molecule has 0 spiro atoms. The topological polar surface area (TPSA) is 22.1 Å². The van der Waals surface area contributed by atoms with Gasteiger partial charge in [-0.2, -0.15) is 0 Å². The van der Waals surface area contributed by atoms with Crippen molar-refractivity contribution in [2.75, 3.05) is 0 Å². The third-order valence-electron chi connectivity index (χ3n) is 8.92. The minimum Gasteiger partial charge on any atom is -0.489 e. The monoisotopic (exact) mass is 448 g/mol. The summed E-state index contributed by atoms with van der Waals surface area (Å²) in [5.74, 6) is 4.44. The highest BCUT2D eigenvalue weighted by Gasteiger charge is 2.52. The van der Waals surface area contributed by atoms with Gasteiger partial charge in [0.25, 0.3) is 0 Å². The summed E-state index contributed by atoms with van der Waals surface area (Å²) in [5.41, 5.74) is 2.12. The summed E-state index contributed by atoms with van der Waals surface area (Å²) in [6.45, 7) is 2.98. The predicted molar refractivity (Wildman–Crippen MR) is 136 cm³/mol. The second kappa shape index (κ2) is 8.14. The molecule has 2 aromatic rings. The number of ether oxygens (including phenoxy) is 1. The maximum absolute atomic E-state index is 8.93. The standard InChI is InChI=1S/C31H41NO/c1-19-18-32-26(16-22(19)17-31(2,3)4)24-10-7-11-25-29-27(33-30(24)25)15-14-21-13-12-20-8-5-6-9-23(20)28(21)29/h7,10-11,16,18,20-21,23,27-29H,5-6,8-9,12-15,17H2,1-4H3/t20-,21-,23-,27?,28+,29+/m1/s1/i1D3,17D2. The van der Waals surface area contributed by atoms with Gasteiger partial charge in [0.2, 0.25) is 0 Å². The van der Waals surface area contributed by atoms with Crippen LogP contribution in [0.15, 0.2) is 30.5 Å². The Bertz CT molecular complexity index is 1220. The van der Waals surface area contributed by atoms with Crippen molar-refractivity contribution in [2.45, 2.75) is 97.4 Å². The van der Waals surface area contributed by atoms with Crippen molar-refractivity contribution in [1.29, 1.82) is 0 Å². The Kier molecular flexibility index (Phi) is 4.13. The van der Waals surface area contributed by atoms with Crippen LogP contribution in [0.2, 0.25) is 0 Å². The summed E-state index contributed by atoms with van der Waals surface area (Å²) in [7, 11) is 0. The number of hydrogen-bond acceptors (Lipinski definition) is 2. The zero-order chi connectivity index (χ0) is 27.0. The van der Waals surface area contributed by atoms with Crippen LogP contribution >= 0.6 is 0 Å². The van der Waals surface area contributed by atoms with E-state index in [1.165, 1.54) is 56.7 Å². The second-order valence-electron chi connectivity index (χ2n) is 12.1. The first kappa shape index (κ1) is 16.7. The zero-order valence-corrected chi connectivity index (χ0v) is 20.4. The maximum atomic E-state index is 8.93. The number of aromatic nitrogens is 1. The fraction of sp³-hybridized carbons (Fsp3) is 0.645. The van der Waals surface area contributed by atoms with Crippen molar-refractivity contribution < 1.29 is 11.6 Å². The van der Waals surface area contributed by atoms with Crippen LogP contribution in [0.1, 0.15) is 102 Å². The Morgan fingerprint density at radius 3 is 2.73 bits per heavy atom. The Morgan fingerprint density at radius 2 is 1.88 bits per heavy atom. The lowest BCUT2D eigenvalue weighted by molar-refractivity contribution is -0.0192. The average Bonchev–Trinajstić information content (AvgIpc) is 3.26. The van der Waals surface area contributed by atoms with Gasteiger partial charge in [-0.15, -0.1) is 0 Å². The van der Waals surface area contributed by atoms with Gasteiger partial charge in [-0.25, -0.2) is 0 Å². The SMILES string of the molecule is [2H]C([2H])([2H])c1cnc(-c2cccc3c2OC2CC[C@H]4CC[C@H]5CCCC[C@H]5[C@H]4[C@@H]32)cc1C([2H])([2H])C(C)(C)C. The lowest BCUT2D eigenvalue weighted by Gasteiger charge is -2.51. The van der Waals surface area contributed by atoms with E-state index in [9.17, 15) is 0 Å². The lowest BCUT2D eigenvalue weighted by atomic mass is 9.53. The number of rotatable bonds is 2. The van der Waals surface area contributed by atoms with Gasteiger partial charge in [0.05, 0.1) is 5.69 Å².